The summed E-state index contributed by atoms with van der Waals surface area (Å²) in [5.41, 5.74) is 8.09. The number of ether oxygens (including phenoxy) is 1. The number of rotatable bonds is 13. The second-order valence-electron chi connectivity index (χ2n) is 17.4. The third kappa shape index (κ3) is 11.0. The summed E-state index contributed by atoms with van der Waals surface area (Å²) in [5, 5.41) is 16.1. The number of aliphatic hydroxyl groups excluding tert-OH is 1. The molecule has 13 nitrogen and oxygen atoms in total. The van der Waals surface area contributed by atoms with Crippen LogP contribution in [0.4, 0.5) is 10.5 Å². The number of carbonyl (C=O) groups is 5. The Balaban J connectivity index is 0.954. The maximum Gasteiger partial charge on any atom is 0.293 e. The van der Waals surface area contributed by atoms with Crippen LogP contribution < -0.4 is 15.4 Å². The number of carbonyl (C=O) groups excluding carboxylic acids is 5. The first-order valence-corrected chi connectivity index (χ1v) is 22.8. The van der Waals surface area contributed by atoms with Crippen LogP contribution in [-0.4, -0.2) is 73.5 Å². The fourth-order valence-corrected chi connectivity index (χ4v) is 9.45. The van der Waals surface area contributed by atoms with Gasteiger partial charge in [0.15, 0.2) is 5.69 Å². The lowest BCUT2D eigenvalue weighted by molar-refractivity contribution is -0.144. The molecular formula is C50H50N6O7S2. The van der Waals surface area contributed by atoms with E-state index in [-0.39, 0.29) is 37.4 Å². The van der Waals surface area contributed by atoms with Crippen molar-refractivity contribution in [1.29, 1.82) is 0 Å². The van der Waals surface area contributed by atoms with Crippen LogP contribution in [0, 0.1) is 32.8 Å². The minimum Gasteiger partial charge on any atom is -0.457 e. The molecule has 0 bridgehead atoms. The van der Waals surface area contributed by atoms with Gasteiger partial charge in [-0.3, -0.25) is 28.9 Å². The molecule has 0 spiro atoms. The van der Waals surface area contributed by atoms with Gasteiger partial charge in [0, 0.05) is 19.5 Å². The van der Waals surface area contributed by atoms with Gasteiger partial charge >= 0.3 is 0 Å². The van der Waals surface area contributed by atoms with E-state index in [4.69, 9.17) is 11.3 Å². The molecule has 3 N–H and O–H groups in total. The second-order valence-corrected chi connectivity index (χ2v) is 19.2. The topological polar surface area (TPSA) is 163 Å². The van der Waals surface area contributed by atoms with Gasteiger partial charge in [0.1, 0.15) is 23.6 Å². The Morgan fingerprint density at radius 3 is 2.32 bits per heavy atom. The van der Waals surface area contributed by atoms with Crippen LogP contribution in [0.25, 0.3) is 21.4 Å². The third-order valence-electron chi connectivity index (χ3n) is 11.3. The standard InChI is InChI=1S/C50H50N6O7S2/c1-29-19-34(13-17-40(29)63-41-18-16-37(51-7)20-30(41)2)22-42-47(60)56(49(62)65-42)26-35-10-8-9-33(21-35)23-43(58)54-45(50(4,5)6)48(61)55-27-38(57)24-39(55)46(59)52-25-32-11-14-36(15-12-32)44-31(3)53-28-64-44/h8-22,28,38-39,45,57H,23-27H2,1-6H3,(H,52,59)(H,54,58)/b42-22-/t38-,39+,45-/m1/s1. The van der Waals surface area contributed by atoms with Crippen molar-refractivity contribution in [2.24, 2.45) is 5.41 Å². The summed E-state index contributed by atoms with van der Waals surface area (Å²) in [7, 11) is 0. The molecule has 15 heteroatoms. The lowest BCUT2D eigenvalue weighted by Gasteiger charge is -2.35. The van der Waals surface area contributed by atoms with Gasteiger partial charge in [0.2, 0.25) is 17.7 Å². The smallest absolute Gasteiger partial charge is 0.293 e. The number of aromatic nitrogens is 1. The first-order valence-electron chi connectivity index (χ1n) is 21.1. The number of nitrogens with zero attached hydrogens (tertiary/aromatic N) is 4. The van der Waals surface area contributed by atoms with E-state index in [1.165, 1.54) is 9.80 Å². The number of amides is 5. The van der Waals surface area contributed by atoms with Gasteiger partial charge in [-0.2, -0.15) is 0 Å². The van der Waals surface area contributed by atoms with E-state index in [2.05, 4.69) is 20.5 Å². The van der Waals surface area contributed by atoms with Crippen molar-refractivity contribution in [1.82, 2.24) is 25.4 Å². The van der Waals surface area contributed by atoms with Crippen LogP contribution in [0.3, 0.4) is 0 Å². The minimum atomic E-state index is -1.01. The van der Waals surface area contributed by atoms with Crippen molar-refractivity contribution < 1.29 is 33.8 Å². The molecule has 2 aliphatic rings. The van der Waals surface area contributed by atoms with Gasteiger partial charge in [0.05, 0.1) is 46.6 Å². The number of aliphatic hydroxyl groups is 1. The molecule has 0 radical (unpaired) electrons. The van der Waals surface area contributed by atoms with Crippen molar-refractivity contribution in [3.63, 3.8) is 0 Å². The zero-order chi connectivity index (χ0) is 46.6. The van der Waals surface area contributed by atoms with Gasteiger partial charge in [-0.15, -0.1) is 11.3 Å². The fraction of sp³-hybridized carbons (Fsp3) is 0.300. The number of benzene rings is 4. The summed E-state index contributed by atoms with van der Waals surface area (Å²) < 4.78 is 6.11. The van der Waals surface area contributed by atoms with Crippen LogP contribution >= 0.6 is 23.1 Å². The quantitative estimate of drug-likeness (QED) is 0.0776. The average Bonchev–Trinajstić information content (AvgIpc) is 3.96. The van der Waals surface area contributed by atoms with Crippen molar-refractivity contribution in [3.8, 4) is 21.9 Å². The number of thiazole rings is 1. The molecule has 5 aromatic rings. The number of hydrogen-bond donors (Lipinski definition) is 3. The SMILES string of the molecule is [C-]#[N+]c1ccc(Oc2ccc(/C=C3\SC(=O)N(Cc4cccc(CC(=O)N[C@H](C(=O)N5C[C@H](O)C[C@H]5C(=O)NCc5ccc(-c6scnc6C)cc5)C(C)(C)C)c4)C3=O)cc2C)c(C)c1. The molecule has 4 aromatic carbocycles. The van der Waals surface area contributed by atoms with E-state index in [1.807, 2.05) is 77.9 Å². The van der Waals surface area contributed by atoms with Crippen molar-refractivity contribution in [3.05, 3.63) is 146 Å². The van der Waals surface area contributed by atoms with Crippen LogP contribution in [0.2, 0.25) is 0 Å². The average molecular weight is 911 g/mol. The Kier molecular flexibility index (Phi) is 14.0. The van der Waals surface area contributed by atoms with E-state index in [0.29, 0.717) is 28.3 Å². The van der Waals surface area contributed by atoms with Gasteiger partial charge in [0.25, 0.3) is 11.1 Å². The van der Waals surface area contributed by atoms with Crippen LogP contribution in [0.5, 0.6) is 11.5 Å². The highest BCUT2D eigenvalue weighted by atomic mass is 32.2. The van der Waals surface area contributed by atoms with Crippen LogP contribution in [-0.2, 0) is 38.7 Å². The van der Waals surface area contributed by atoms with Gasteiger partial charge < -0.3 is 25.4 Å². The highest BCUT2D eigenvalue weighted by Crippen LogP contribution is 2.36. The summed E-state index contributed by atoms with van der Waals surface area (Å²) in [6, 6.07) is 23.6. The van der Waals surface area contributed by atoms with Gasteiger partial charge in [-0.25, -0.2) is 9.83 Å². The molecule has 5 amide bonds. The largest absolute Gasteiger partial charge is 0.457 e. The Hall–Kier alpha value is -6.60. The predicted molar refractivity (Wildman–Crippen MR) is 252 cm³/mol. The van der Waals surface area contributed by atoms with E-state index in [1.54, 1.807) is 71.5 Å². The lowest BCUT2D eigenvalue weighted by Crippen LogP contribution is -2.58. The highest BCUT2D eigenvalue weighted by Gasteiger charge is 2.44. The number of hydrogen-bond acceptors (Lipinski definition) is 10. The molecule has 2 fully saturated rings. The minimum absolute atomic E-state index is 0.00335. The number of β-amino-alcohol motifs (C(OH)–C–C–N with tert-alkyl or cyclic N) is 1. The Bertz CT molecular complexity index is 2730. The normalized spacial score (nSPS) is 17.3. The molecule has 0 saturated carbocycles. The molecule has 0 unspecified atom stereocenters. The Labute approximate surface area is 386 Å². The highest BCUT2D eigenvalue weighted by molar-refractivity contribution is 8.18. The molecule has 0 aliphatic carbocycles. The van der Waals surface area contributed by atoms with Gasteiger partial charge in [-0.05, 0) is 107 Å². The molecule has 2 aliphatic heterocycles. The fourth-order valence-electron chi connectivity index (χ4n) is 7.80. The first kappa shape index (κ1) is 46.4. The van der Waals surface area contributed by atoms with E-state index < -0.39 is 52.5 Å². The molecule has 7 rings (SSSR count). The van der Waals surface area contributed by atoms with Crippen molar-refractivity contribution >= 4 is 63.7 Å². The maximum atomic E-state index is 14.2. The lowest BCUT2D eigenvalue weighted by atomic mass is 9.85. The number of nitrogens with one attached hydrogen (secondary N) is 2. The zero-order valence-corrected chi connectivity index (χ0v) is 38.6. The Morgan fingerprint density at radius 1 is 0.954 bits per heavy atom. The monoisotopic (exact) mass is 910 g/mol. The molecule has 3 atom stereocenters. The number of imide groups is 1. The number of likely N-dealkylation sites (tertiary alicyclic amines) is 1. The van der Waals surface area contributed by atoms with Crippen LogP contribution in [0.15, 0.2) is 95.3 Å². The number of thioether (sulfide) groups is 1. The van der Waals surface area contributed by atoms with E-state index in [9.17, 15) is 29.1 Å². The predicted octanol–water partition coefficient (Wildman–Crippen LogP) is 8.67. The molecule has 1 aromatic heterocycles. The summed E-state index contributed by atoms with van der Waals surface area (Å²) in [5.74, 6) is -0.459. The Morgan fingerprint density at radius 2 is 1.66 bits per heavy atom. The van der Waals surface area contributed by atoms with Crippen molar-refractivity contribution in [2.45, 2.75) is 85.7 Å². The van der Waals surface area contributed by atoms with Crippen molar-refractivity contribution in [2.75, 3.05) is 6.54 Å². The van der Waals surface area contributed by atoms with E-state index in [0.717, 1.165) is 50.2 Å². The first-order chi connectivity index (χ1) is 31.0. The summed E-state index contributed by atoms with van der Waals surface area (Å²) in [4.78, 5) is 79.7. The zero-order valence-electron chi connectivity index (χ0n) is 37.0. The molecule has 2 saturated heterocycles. The molecular weight excluding hydrogens is 861 g/mol. The summed E-state index contributed by atoms with van der Waals surface area (Å²) >= 11 is 2.42. The maximum absolute atomic E-state index is 14.2. The molecule has 65 heavy (non-hydrogen) atoms. The number of aryl methyl sites for hydroxylation is 3. The van der Waals surface area contributed by atoms with E-state index >= 15 is 0 Å². The second kappa shape index (κ2) is 19.6. The summed E-state index contributed by atoms with van der Waals surface area (Å²) in [6.07, 6.45) is 0.752. The van der Waals surface area contributed by atoms with Gasteiger partial charge in [-0.1, -0.05) is 81.4 Å². The van der Waals surface area contributed by atoms with Crippen LogP contribution in [0.1, 0.15) is 66.3 Å². The molecule has 3 heterocycles. The molecule has 334 valence electrons. The summed E-state index contributed by atoms with van der Waals surface area (Å²) in [6.45, 7) is 18.6. The third-order valence-corrected chi connectivity index (χ3v) is 13.2.